The van der Waals surface area contributed by atoms with E-state index in [9.17, 15) is 5.11 Å². The highest BCUT2D eigenvalue weighted by molar-refractivity contribution is 5.10. The predicted molar refractivity (Wildman–Crippen MR) is 62.6 cm³/mol. The molecule has 1 fully saturated rings. The van der Waals surface area contributed by atoms with E-state index in [1.54, 1.807) is 0 Å². The van der Waals surface area contributed by atoms with Crippen molar-refractivity contribution in [2.75, 3.05) is 13.2 Å². The summed E-state index contributed by atoms with van der Waals surface area (Å²) in [4.78, 5) is 0. The van der Waals surface area contributed by atoms with Crippen molar-refractivity contribution in [3.8, 4) is 0 Å². The third kappa shape index (κ3) is 2.43. The summed E-state index contributed by atoms with van der Waals surface area (Å²) in [5.41, 5.74) is 0. The summed E-state index contributed by atoms with van der Waals surface area (Å²) in [5, 5.41) is 12.7. The van der Waals surface area contributed by atoms with Crippen LogP contribution in [-0.4, -0.2) is 24.3 Å². The topological polar surface area (TPSA) is 32.3 Å². The van der Waals surface area contributed by atoms with E-state index in [-0.39, 0.29) is 12.6 Å². The van der Waals surface area contributed by atoms with Crippen LogP contribution in [0, 0.1) is 23.7 Å². The number of aliphatic hydroxyl groups excluding tert-OH is 1. The van der Waals surface area contributed by atoms with Gasteiger partial charge in [0, 0.05) is 6.04 Å². The Morgan fingerprint density at radius 2 is 2.13 bits per heavy atom. The fraction of sp³-hybridized carbons (Fsp3) is 0.846. The van der Waals surface area contributed by atoms with E-state index >= 15 is 0 Å². The normalized spacial score (nSPS) is 35.3. The lowest BCUT2D eigenvalue weighted by Gasteiger charge is -2.25. The van der Waals surface area contributed by atoms with Gasteiger partial charge in [-0.1, -0.05) is 26.0 Å². The molecule has 4 atom stereocenters. The van der Waals surface area contributed by atoms with Gasteiger partial charge in [-0.2, -0.15) is 0 Å². The molecule has 15 heavy (non-hydrogen) atoms. The van der Waals surface area contributed by atoms with Crippen molar-refractivity contribution in [3.63, 3.8) is 0 Å². The van der Waals surface area contributed by atoms with Crippen LogP contribution in [0.4, 0.5) is 0 Å². The van der Waals surface area contributed by atoms with Crippen LogP contribution in [0.25, 0.3) is 0 Å². The average Bonchev–Trinajstić information content (AvgIpc) is 2.79. The van der Waals surface area contributed by atoms with Crippen LogP contribution in [0.2, 0.25) is 0 Å². The molecule has 0 aromatic heterocycles. The Morgan fingerprint density at radius 3 is 2.60 bits per heavy atom. The molecule has 0 amide bonds. The van der Waals surface area contributed by atoms with Gasteiger partial charge in [-0.15, -0.1) is 0 Å². The minimum Gasteiger partial charge on any atom is -0.395 e. The van der Waals surface area contributed by atoms with Gasteiger partial charge in [0.25, 0.3) is 0 Å². The molecule has 86 valence electrons. The minimum absolute atomic E-state index is 0.258. The molecule has 2 bridgehead atoms. The Bertz CT molecular complexity index is 237. The van der Waals surface area contributed by atoms with E-state index in [0.29, 0.717) is 5.92 Å². The van der Waals surface area contributed by atoms with Crippen LogP contribution in [0.5, 0.6) is 0 Å². The summed E-state index contributed by atoms with van der Waals surface area (Å²) in [5.74, 6) is 3.00. The molecular formula is C13H23NO. The van der Waals surface area contributed by atoms with Gasteiger partial charge < -0.3 is 10.4 Å². The van der Waals surface area contributed by atoms with Gasteiger partial charge in [0.2, 0.25) is 0 Å². The van der Waals surface area contributed by atoms with E-state index in [2.05, 4.69) is 31.3 Å². The highest BCUT2D eigenvalue weighted by atomic mass is 16.3. The van der Waals surface area contributed by atoms with E-state index in [0.717, 1.165) is 24.3 Å². The zero-order valence-corrected chi connectivity index (χ0v) is 9.82. The number of allylic oxidation sites excluding steroid dienone is 2. The molecular weight excluding hydrogens is 186 g/mol. The molecule has 0 aromatic carbocycles. The third-order valence-electron chi connectivity index (χ3n) is 4.06. The number of fused-ring (bicyclic) bond motifs is 2. The number of rotatable bonds is 5. The summed E-state index contributed by atoms with van der Waals surface area (Å²) in [6.07, 6.45) is 7.50. The maximum Gasteiger partial charge on any atom is 0.0587 e. The smallest absolute Gasteiger partial charge is 0.0587 e. The van der Waals surface area contributed by atoms with Gasteiger partial charge in [-0.05, 0) is 43.1 Å². The van der Waals surface area contributed by atoms with Crippen LogP contribution in [0.1, 0.15) is 26.7 Å². The Hall–Kier alpha value is -0.340. The minimum atomic E-state index is 0.258. The van der Waals surface area contributed by atoms with Crippen LogP contribution < -0.4 is 5.32 Å². The molecule has 0 radical (unpaired) electrons. The fourth-order valence-electron chi connectivity index (χ4n) is 2.94. The summed E-state index contributed by atoms with van der Waals surface area (Å²) < 4.78 is 0. The van der Waals surface area contributed by atoms with Gasteiger partial charge in [0.1, 0.15) is 0 Å². The fourth-order valence-corrected chi connectivity index (χ4v) is 2.94. The molecule has 0 spiro atoms. The Balaban J connectivity index is 1.76. The van der Waals surface area contributed by atoms with Gasteiger partial charge in [0.15, 0.2) is 0 Å². The van der Waals surface area contributed by atoms with Crippen molar-refractivity contribution in [1.29, 1.82) is 0 Å². The molecule has 0 saturated heterocycles. The molecule has 2 nitrogen and oxygen atoms in total. The van der Waals surface area contributed by atoms with Crippen molar-refractivity contribution in [1.82, 2.24) is 5.32 Å². The average molecular weight is 209 g/mol. The second-order valence-electron chi connectivity index (χ2n) is 5.48. The van der Waals surface area contributed by atoms with Gasteiger partial charge in [-0.3, -0.25) is 0 Å². The van der Waals surface area contributed by atoms with Gasteiger partial charge in [0.05, 0.1) is 6.61 Å². The van der Waals surface area contributed by atoms with Crippen LogP contribution in [0.15, 0.2) is 12.2 Å². The number of nitrogens with one attached hydrogen (secondary N) is 1. The molecule has 2 aliphatic rings. The standard InChI is InChI=1S/C13H23NO/c1-9(2)13(8-15)14-7-12-6-10-3-4-11(12)5-10/h3-4,9-15H,5-8H2,1-2H3. The van der Waals surface area contributed by atoms with E-state index in [1.165, 1.54) is 12.8 Å². The Labute approximate surface area is 92.8 Å². The lowest BCUT2D eigenvalue weighted by atomic mass is 9.93. The second-order valence-corrected chi connectivity index (χ2v) is 5.48. The van der Waals surface area contributed by atoms with Crippen LogP contribution in [-0.2, 0) is 0 Å². The van der Waals surface area contributed by atoms with Crippen molar-refractivity contribution >= 4 is 0 Å². The Morgan fingerprint density at radius 1 is 1.33 bits per heavy atom. The zero-order valence-electron chi connectivity index (χ0n) is 9.82. The second kappa shape index (κ2) is 4.67. The molecule has 4 unspecified atom stereocenters. The van der Waals surface area contributed by atoms with E-state index < -0.39 is 0 Å². The zero-order chi connectivity index (χ0) is 10.8. The molecule has 2 heteroatoms. The summed E-state index contributed by atoms with van der Waals surface area (Å²) in [7, 11) is 0. The summed E-state index contributed by atoms with van der Waals surface area (Å²) in [6, 6.07) is 0.271. The molecule has 2 N–H and O–H groups in total. The molecule has 1 saturated carbocycles. The van der Waals surface area contributed by atoms with Crippen LogP contribution >= 0.6 is 0 Å². The third-order valence-corrected chi connectivity index (χ3v) is 4.06. The van der Waals surface area contributed by atoms with Gasteiger partial charge in [-0.25, -0.2) is 0 Å². The monoisotopic (exact) mass is 209 g/mol. The lowest BCUT2D eigenvalue weighted by molar-refractivity contribution is 0.202. The van der Waals surface area contributed by atoms with Crippen LogP contribution in [0.3, 0.4) is 0 Å². The van der Waals surface area contributed by atoms with Crippen molar-refractivity contribution in [2.24, 2.45) is 23.7 Å². The maximum atomic E-state index is 9.23. The van der Waals surface area contributed by atoms with Crippen molar-refractivity contribution < 1.29 is 5.11 Å². The molecule has 0 heterocycles. The largest absolute Gasteiger partial charge is 0.395 e. The molecule has 2 rings (SSSR count). The first kappa shape index (κ1) is 11.2. The Kier molecular flexibility index (Phi) is 3.47. The molecule has 0 aromatic rings. The lowest BCUT2D eigenvalue weighted by Crippen LogP contribution is -2.40. The van der Waals surface area contributed by atoms with Crippen molar-refractivity contribution in [3.05, 3.63) is 12.2 Å². The highest BCUT2D eigenvalue weighted by Gasteiger charge is 2.35. The SMILES string of the molecule is CC(C)C(CO)NCC1CC2C=CC1C2. The predicted octanol–water partition coefficient (Wildman–Crippen LogP) is 1.81. The van der Waals surface area contributed by atoms with Crippen molar-refractivity contribution in [2.45, 2.75) is 32.7 Å². The first-order valence-electron chi connectivity index (χ1n) is 6.23. The van der Waals surface area contributed by atoms with E-state index in [1.807, 2.05) is 0 Å². The number of hydrogen-bond donors (Lipinski definition) is 2. The summed E-state index contributed by atoms with van der Waals surface area (Å²) in [6.45, 7) is 5.66. The first-order valence-corrected chi connectivity index (χ1v) is 6.23. The quantitative estimate of drug-likeness (QED) is 0.677. The molecule has 2 aliphatic carbocycles. The maximum absolute atomic E-state index is 9.23. The first-order chi connectivity index (χ1) is 7.20. The highest BCUT2D eigenvalue weighted by Crippen LogP contribution is 2.42. The number of hydrogen-bond acceptors (Lipinski definition) is 2. The van der Waals surface area contributed by atoms with E-state index in [4.69, 9.17) is 0 Å². The van der Waals surface area contributed by atoms with Gasteiger partial charge >= 0.3 is 0 Å². The molecule has 0 aliphatic heterocycles. The summed E-state index contributed by atoms with van der Waals surface area (Å²) >= 11 is 0. The number of aliphatic hydroxyl groups is 1.